The highest BCUT2D eigenvalue weighted by molar-refractivity contribution is 7.51. The predicted molar refractivity (Wildman–Crippen MR) is 158 cm³/mol. The van der Waals surface area contributed by atoms with E-state index in [1.807, 2.05) is 13.8 Å². The minimum Gasteiger partial charge on any atom is -0.367 e. The van der Waals surface area contributed by atoms with E-state index in [2.05, 4.69) is 6.92 Å². The Morgan fingerprint density at radius 1 is 0.795 bits per heavy atom. The highest BCUT2D eigenvalue weighted by Crippen LogP contribution is 2.33. The fraction of sp³-hybridized carbons (Fsp3) is 0.862. The topological polar surface area (TPSA) is 120 Å². The van der Waals surface area contributed by atoms with Gasteiger partial charge in [-0.3, -0.25) is 13.9 Å². The van der Waals surface area contributed by atoms with Gasteiger partial charge in [0.05, 0.1) is 13.2 Å². The van der Waals surface area contributed by atoms with E-state index >= 15 is 0 Å². The molecule has 0 aliphatic carbocycles. The minimum atomic E-state index is -4.29. The lowest BCUT2D eigenvalue weighted by molar-refractivity contribution is -0.00885. The fourth-order valence-electron chi connectivity index (χ4n) is 5.01. The number of aromatic nitrogens is 2. The molecule has 0 amide bonds. The largest absolute Gasteiger partial charge is 0.367 e. The van der Waals surface area contributed by atoms with Crippen molar-refractivity contribution in [1.82, 2.24) is 9.13 Å². The van der Waals surface area contributed by atoms with Crippen molar-refractivity contribution in [2.75, 3.05) is 19.6 Å². The second-order valence-corrected chi connectivity index (χ2v) is 12.2. The Morgan fingerprint density at radius 3 is 1.77 bits per heavy atom. The van der Waals surface area contributed by atoms with E-state index in [4.69, 9.17) is 19.3 Å². The number of rotatable bonds is 24. The Morgan fingerprint density at radius 2 is 1.31 bits per heavy atom. The third-order valence-corrected chi connectivity index (χ3v) is 7.75. The molecule has 39 heavy (non-hydrogen) atoms. The van der Waals surface area contributed by atoms with Gasteiger partial charge in [-0.1, -0.05) is 104 Å². The molecule has 0 saturated heterocycles. The number of ether oxygens (including phenoxy) is 2. The van der Waals surface area contributed by atoms with Crippen LogP contribution in [0.2, 0.25) is 0 Å². The summed E-state index contributed by atoms with van der Waals surface area (Å²) in [5, 5.41) is 0. The molecule has 0 aliphatic rings. The fourth-order valence-corrected chi connectivity index (χ4v) is 5.38. The molecular formula is C29H55N2O7P. The molecule has 1 atom stereocenters. The molecule has 0 fully saturated rings. The zero-order chi connectivity index (χ0) is 29.1. The first-order valence-electron chi connectivity index (χ1n) is 15.3. The van der Waals surface area contributed by atoms with Gasteiger partial charge in [0.1, 0.15) is 12.6 Å². The van der Waals surface area contributed by atoms with Crippen molar-refractivity contribution in [3.63, 3.8) is 0 Å². The maximum Gasteiger partial charge on any atom is 0.350 e. The Bertz CT molecular complexity index is 954. The van der Waals surface area contributed by atoms with Crippen LogP contribution < -0.4 is 11.2 Å². The Kier molecular flexibility index (Phi) is 18.9. The third-order valence-electron chi connectivity index (χ3n) is 7.23. The smallest absolute Gasteiger partial charge is 0.350 e. The van der Waals surface area contributed by atoms with E-state index in [1.165, 1.54) is 86.2 Å². The van der Waals surface area contributed by atoms with Gasteiger partial charge < -0.3 is 19.3 Å². The zero-order valence-corrected chi connectivity index (χ0v) is 25.9. The first kappa shape index (κ1) is 35.8. The van der Waals surface area contributed by atoms with E-state index in [0.29, 0.717) is 30.7 Å². The summed E-state index contributed by atoms with van der Waals surface area (Å²) in [4.78, 5) is 44.4. The average molecular weight is 575 g/mol. The molecule has 0 radical (unpaired) electrons. The third kappa shape index (κ3) is 14.3. The maximum absolute atomic E-state index is 13.3. The van der Waals surface area contributed by atoms with Crippen LogP contribution in [0.1, 0.15) is 135 Å². The molecule has 1 heterocycles. The van der Waals surface area contributed by atoms with Crippen molar-refractivity contribution in [3.05, 3.63) is 32.1 Å². The zero-order valence-electron chi connectivity index (χ0n) is 25.0. The summed E-state index contributed by atoms with van der Waals surface area (Å²) in [5.74, 6) is 0. The molecule has 10 heteroatoms. The molecule has 1 unspecified atom stereocenters. The second kappa shape index (κ2) is 20.6. The molecule has 1 aromatic heterocycles. The molecule has 0 aromatic carbocycles. The number of hydrogen-bond acceptors (Lipinski definition) is 5. The minimum absolute atomic E-state index is 0.0492. The normalized spacial score (nSPS) is 12.8. The number of hydrogen-bond donors (Lipinski definition) is 2. The summed E-state index contributed by atoms with van der Waals surface area (Å²) >= 11 is 0. The maximum atomic E-state index is 13.3. The molecular weight excluding hydrogens is 519 g/mol. The summed E-state index contributed by atoms with van der Waals surface area (Å²) in [5.41, 5.74) is 0.251. The lowest BCUT2D eigenvalue weighted by Crippen LogP contribution is -2.46. The van der Waals surface area contributed by atoms with Gasteiger partial charge in [-0.2, -0.15) is 0 Å². The van der Waals surface area contributed by atoms with Gasteiger partial charge in [-0.25, -0.2) is 9.36 Å². The van der Waals surface area contributed by atoms with Gasteiger partial charge in [0.15, 0.2) is 0 Å². The van der Waals surface area contributed by atoms with E-state index in [0.717, 1.165) is 12.8 Å². The van der Waals surface area contributed by atoms with Crippen LogP contribution in [-0.2, 0) is 27.0 Å². The van der Waals surface area contributed by atoms with E-state index < -0.39 is 25.9 Å². The molecule has 9 nitrogen and oxygen atoms in total. The van der Waals surface area contributed by atoms with Crippen LogP contribution in [0.25, 0.3) is 0 Å². The first-order chi connectivity index (χ1) is 18.7. The van der Waals surface area contributed by atoms with Gasteiger partial charge in [-0.05, 0) is 26.2 Å². The van der Waals surface area contributed by atoms with Crippen LogP contribution in [0.5, 0.6) is 0 Å². The summed E-state index contributed by atoms with van der Waals surface area (Å²) < 4.78 is 24.8. The summed E-state index contributed by atoms with van der Waals surface area (Å²) in [6.07, 6.45) is 17.5. The monoisotopic (exact) mass is 574 g/mol. The lowest BCUT2D eigenvalue weighted by atomic mass is 10.0. The summed E-state index contributed by atoms with van der Waals surface area (Å²) in [6.45, 7) is 8.24. The van der Waals surface area contributed by atoms with Crippen LogP contribution in [0.4, 0.5) is 0 Å². The van der Waals surface area contributed by atoms with Crippen LogP contribution in [0.3, 0.4) is 0 Å². The standard InChI is InChI=1S/C29H55N2O7P/c1-5-8-9-10-11-12-13-14-15-16-17-18-19-20-22-38-27(7-3)31-28(32)25(4)26(6-2)30(29(31)33)21-23-37-24-39(34,35)36/h27H,5-24H2,1-4H3,(H2,34,35,36). The van der Waals surface area contributed by atoms with Crippen molar-refractivity contribution in [2.45, 2.75) is 143 Å². The van der Waals surface area contributed by atoms with Crippen LogP contribution >= 0.6 is 7.60 Å². The molecule has 228 valence electrons. The van der Waals surface area contributed by atoms with Gasteiger partial charge in [-0.15, -0.1) is 0 Å². The summed E-state index contributed by atoms with van der Waals surface area (Å²) in [7, 11) is -4.29. The van der Waals surface area contributed by atoms with Gasteiger partial charge in [0, 0.05) is 17.9 Å². The second-order valence-electron chi connectivity index (χ2n) is 10.6. The molecule has 0 bridgehead atoms. The van der Waals surface area contributed by atoms with E-state index in [9.17, 15) is 14.2 Å². The van der Waals surface area contributed by atoms with Crippen molar-refractivity contribution >= 4 is 7.60 Å². The Hall–Kier alpha value is -1.25. The van der Waals surface area contributed by atoms with Gasteiger partial charge in [0.25, 0.3) is 5.56 Å². The predicted octanol–water partition coefficient (Wildman–Crippen LogP) is 6.44. The SMILES string of the molecule is CCCCCCCCCCCCCCCCOC(CC)n1c(=O)c(C)c(CC)n(CCOCP(=O)(O)O)c1=O. The molecule has 0 saturated carbocycles. The Balaban J connectivity index is 2.48. The van der Waals surface area contributed by atoms with Crippen molar-refractivity contribution < 1.29 is 23.8 Å². The molecule has 1 aromatic rings. The highest BCUT2D eigenvalue weighted by atomic mass is 31.2. The average Bonchev–Trinajstić information content (AvgIpc) is 2.89. The molecule has 1 rings (SSSR count). The van der Waals surface area contributed by atoms with E-state index in [-0.39, 0.29) is 18.7 Å². The summed E-state index contributed by atoms with van der Waals surface area (Å²) in [6, 6.07) is 0. The van der Waals surface area contributed by atoms with Crippen molar-refractivity contribution in [3.8, 4) is 0 Å². The molecule has 0 aliphatic heterocycles. The number of unbranched alkanes of at least 4 members (excludes halogenated alkanes) is 13. The van der Waals surface area contributed by atoms with Crippen LogP contribution in [0, 0.1) is 6.92 Å². The van der Waals surface area contributed by atoms with Gasteiger partial charge in [0.2, 0.25) is 0 Å². The van der Waals surface area contributed by atoms with Crippen LogP contribution in [0.15, 0.2) is 9.59 Å². The van der Waals surface area contributed by atoms with Crippen molar-refractivity contribution in [1.29, 1.82) is 0 Å². The van der Waals surface area contributed by atoms with Crippen molar-refractivity contribution in [2.24, 2.45) is 0 Å². The molecule has 2 N–H and O–H groups in total. The molecule has 0 spiro atoms. The number of nitrogens with zero attached hydrogens (tertiary/aromatic N) is 2. The Labute approximate surface area is 235 Å². The quantitative estimate of drug-likeness (QED) is 0.108. The lowest BCUT2D eigenvalue weighted by Gasteiger charge is -2.22. The first-order valence-corrected chi connectivity index (χ1v) is 17.1. The van der Waals surface area contributed by atoms with E-state index in [1.54, 1.807) is 6.92 Å². The van der Waals surface area contributed by atoms with Crippen LogP contribution in [-0.4, -0.2) is 38.5 Å². The van der Waals surface area contributed by atoms with Gasteiger partial charge >= 0.3 is 13.3 Å². The highest BCUT2D eigenvalue weighted by Gasteiger charge is 2.21.